The van der Waals surface area contributed by atoms with Gasteiger partial charge < -0.3 is 9.47 Å². The second-order valence-electron chi connectivity index (χ2n) is 4.12. The number of nitrogens with zero attached hydrogens (tertiary/aromatic N) is 3. The van der Waals surface area contributed by atoms with E-state index in [-0.39, 0.29) is 5.82 Å². The summed E-state index contributed by atoms with van der Waals surface area (Å²) in [6.45, 7) is 0. The van der Waals surface area contributed by atoms with Crippen LogP contribution in [0.3, 0.4) is 0 Å². The van der Waals surface area contributed by atoms with Gasteiger partial charge in [0.25, 0.3) is 0 Å². The number of methoxy groups -OCH3 is 2. The molecule has 0 aliphatic carbocycles. The summed E-state index contributed by atoms with van der Waals surface area (Å²) in [5.74, 6) is 0.961. The topological polar surface area (TPSA) is 48.7 Å². The number of hydrogen-bond donors (Lipinski definition) is 0. The van der Waals surface area contributed by atoms with Crippen molar-refractivity contribution in [2.75, 3.05) is 14.2 Å². The monoisotopic (exact) mass is 273 g/mol. The molecule has 0 N–H and O–H groups in total. The van der Waals surface area contributed by atoms with Gasteiger partial charge in [-0.25, -0.2) is 9.37 Å². The molecule has 20 heavy (non-hydrogen) atoms. The molecule has 0 fully saturated rings. The van der Waals surface area contributed by atoms with E-state index in [0.717, 1.165) is 0 Å². The lowest BCUT2D eigenvalue weighted by Crippen LogP contribution is -1.97. The van der Waals surface area contributed by atoms with Crippen LogP contribution in [-0.4, -0.2) is 28.6 Å². The second-order valence-corrected chi connectivity index (χ2v) is 4.12. The van der Waals surface area contributed by atoms with Crippen LogP contribution in [0.4, 0.5) is 4.39 Å². The number of benzene rings is 1. The molecule has 0 saturated carbocycles. The largest absolute Gasteiger partial charge is 0.482 e. The quantitative estimate of drug-likeness (QED) is 0.736. The SMILES string of the molecule is COc1cc(OC)n2cc(-c3ccccc3F)nc2n1. The molecule has 0 amide bonds. The minimum Gasteiger partial charge on any atom is -0.482 e. The lowest BCUT2D eigenvalue weighted by molar-refractivity contribution is 0.369. The molecule has 5 nitrogen and oxygen atoms in total. The van der Waals surface area contributed by atoms with Gasteiger partial charge in [-0.15, -0.1) is 0 Å². The van der Waals surface area contributed by atoms with E-state index in [1.165, 1.54) is 20.3 Å². The van der Waals surface area contributed by atoms with Gasteiger partial charge in [-0.05, 0) is 12.1 Å². The third-order valence-corrected chi connectivity index (χ3v) is 2.95. The van der Waals surface area contributed by atoms with E-state index in [9.17, 15) is 4.39 Å². The number of aromatic nitrogens is 3. The first kappa shape index (κ1) is 12.4. The van der Waals surface area contributed by atoms with Crippen LogP contribution >= 0.6 is 0 Å². The summed E-state index contributed by atoms with van der Waals surface area (Å²) >= 11 is 0. The van der Waals surface area contributed by atoms with Crippen LogP contribution in [0.2, 0.25) is 0 Å². The van der Waals surface area contributed by atoms with Gasteiger partial charge in [-0.1, -0.05) is 12.1 Å². The van der Waals surface area contributed by atoms with Gasteiger partial charge >= 0.3 is 0 Å². The Bertz CT molecular complexity index is 770. The Kier molecular flexibility index (Phi) is 2.98. The molecule has 6 heteroatoms. The van der Waals surface area contributed by atoms with E-state index in [0.29, 0.717) is 28.8 Å². The zero-order valence-corrected chi connectivity index (χ0v) is 11.0. The molecule has 0 bridgehead atoms. The van der Waals surface area contributed by atoms with E-state index in [1.54, 1.807) is 34.9 Å². The van der Waals surface area contributed by atoms with Crippen molar-refractivity contribution in [2.45, 2.75) is 0 Å². The molecule has 0 saturated heterocycles. The molecule has 2 aromatic heterocycles. The third kappa shape index (κ3) is 1.95. The molecule has 102 valence electrons. The van der Waals surface area contributed by atoms with Crippen LogP contribution in [-0.2, 0) is 0 Å². The van der Waals surface area contributed by atoms with Crippen molar-refractivity contribution in [1.82, 2.24) is 14.4 Å². The van der Waals surface area contributed by atoms with Gasteiger partial charge in [0.15, 0.2) is 0 Å². The molecule has 0 aliphatic heterocycles. The van der Waals surface area contributed by atoms with Crippen LogP contribution in [0.25, 0.3) is 17.0 Å². The van der Waals surface area contributed by atoms with E-state index in [2.05, 4.69) is 9.97 Å². The average molecular weight is 273 g/mol. The highest BCUT2D eigenvalue weighted by Gasteiger charge is 2.13. The summed E-state index contributed by atoms with van der Waals surface area (Å²) in [5, 5.41) is 0. The lowest BCUT2D eigenvalue weighted by Gasteiger charge is -2.04. The first-order valence-corrected chi connectivity index (χ1v) is 5.96. The van der Waals surface area contributed by atoms with Crippen molar-refractivity contribution in [1.29, 1.82) is 0 Å². The summed E-state index contributed by atoms with van der Waals surface area (Å²) < 4.78 is 25.8. The molecule has 0 radical (unpaired) electrons. The Balaban J connectivity index is 2.22. The van der Waals surface area contributed by atoms with Crippen LogP contribution in [0.1, 0.15) is 0 Å². The average Bonchev–Trinajstić information content (AvgIpc) is 2.90. The standard InChI is InChI=1S/C14H12FN3O2/c1-19-12-7-13(20-2)18-8-11(16-14(18)17-12)9-5-3-4-6-10(9)15/h3-8H,1-2H3. The van der Waals surface area contributed by atoms with Gasteiger partial charge in [0.05, 0.1) is 26.0 Å². The van der Waals surface area contributed by atoms with Gasteiger partial charge in [0, 0.05) is 11.8 Å². The maximum atomic E-state index is 13.8. The zero-order chi connectivity index (χ0) is 14.1. The maximum absolute atomic E-state index is 13.8. The normalized spacial score (nSPS) is 10.8. The van der Waals surface area contributed by atoms with Gasteiger partial charge in [0.1, 0.15) is 5.82 Å². The van der Waals surface area contributed by atoms with E-state index >= 15 is 0 Å². The van der Waals surface area contributed by atoms with Crippen LogP contribution < -0.4 is 9.47 Å². The molecule has 3 rings (SSSR count). The molecule has 2 heterocycles. The molecule has 0 aliphatic rings. The zero-order valence-electron chi connectivity index (χ0n) is 11.0. The molecule has 0 unspecified atom stereocenters. The van der Waals surface area contributed by atoms with E-state index in [4.69, 9.17) is 9.47 Å². The third-order valence-electron chi connectivity index (χ3n) is 2.95. The Morgan fingerprint density at radius 3 is 2.60 bits per heavy atom. The fourth-order valence-corrected chi connectivity index (χ4v) is 1.98. The maximum Gasteiger partial charge on any atom is 0.240 e. The van der Waals surface area contributed by atoms with Gasteiger partial charge in [0.2, 0.25) is 17.5 Å². The Morgan fingerprint density at radius 1 is 1.10 bits per heavy atom. The summed E-state index contributed by atoms with van der Waals surface area (Å²) in [6, 6.07) is 8.09. The fraction of sp³-hybridized carbons (Fsp3) is 0.143. The predicted octanol–water partition coefficient (Wildman–Crippen LogP) is 2.55. The van der Waals surface area contributed by atoms with E-state index < -0.39 is 0 Å². The van der Waals surface area contributed by atoms with Crippen molar-refractivity contribution in [3.63, 3.8) is 0 Å². The highest BCUT2D eigenvalue weighted by Crippen LogP contribution is 2.26. The number of imidazole rings is 1. The highest BCUT2D eigenvalue weighted by molar-refractivity contribution is 5.62. The van der Waals surface area contributed by atoms with Crippen molar-refractivity contribution < 1.29 is 13.9 Å². The summed E-state index contributed by atoms with van der Waals surface area (Å²) in [7, 11) is 3.05. The molecule has 0 spiro atoms. The molecular weight excluding hydrogens is 261 g/mol. The van der Waals surface area contributed by atoms with Crippen molar-refractivity contribution in [3.05, 3.63) is 42.3 Å². The van der Waals surface area contributed by atoms with Crippen LogP contribution in [0, 0.1) is 5.82 Å². The number of hydrogen-bond acceptors (Lipinski definition) is 4. The lowest BCUT2D eigenvalue weighted by atomic mass is 10.1. The Labute approximate surface area is 114 Å². The van der Waals surface area contributed by atoms with Crippen LogP contribution in [0.5, 0.6) is 11.8 Å². The predicted molar refractivity (Wildman–Crippen MR) is 71.5 cm³/mol. The van der Waals surface area contributed by atoms with E-state index in [1.807, 2.05) is 0 Å². The highest BCUT2D eigenvalue weighted by atomic mass is 19.1. The number of halogens is 1. The Hall–Kier alpha value is -2.63. The van der Waals surface area contributed by atoms with Crippen molar-refractivity contribution in [2.24, 2.45) is 0 Å². The fourth-order valence-electron chi connectivity index (χ4n) is 1.98. The van der Waals surface area contributed by atoms with Gasteiger partial charge in [-0.2, -0.15) is 4.98 Å². The first-order valence-electron chi connectivity index (χ1n) is 5.96. The minimum atomic E-state index is -0.332. The number of ether oxygens (including phenoxy) is 2. The summed E-state index contributed by atoms with van der Waals surface area (Å²) in [6.07, 6.45) is 1.68. The summed E-state index contributed by atoms with van der Waals surface area (Å²) in [5.41, 5.74) is 0.904. The minimum absolute atomic E-state index is 0.332. The smallest absolute Gasteiger partial charge is 0.240 e. The first-order chi connectivity index (χ1) is 9.72. The van der Waals surface area contributed by atoms with Crippen molar-refractivity contribution >= 4 is 5.78 Å². The summed E-state index contributed by atoms with van der Waals surface area (Å²) in [4.78, 5) is 8.52. The second kappa shape index (κ2) is 4.80. The van der Waals surface area contributed by atoms with Crippen LogP contribution in [0.15, 0.2) is 36.5 Å². The van der Waals surface area contributed by atoms with Gasteiger partial charge in [-0.3, -0.25) is 4.40 Å². The van der Waals surface area contributed by atoms with Crippen molar-refractivity contribution in [3.8, 4) is 23.0 Å². The number of rotatable bonds is 3. The molecular formula is C14H12FN3O2. The Morgan fingerprint density at radius 2 is 1.90 bits per heavy atom. The molecule has 0 atom stereocenters. The number of fused-ring (bicyclic) bond motifs is 1. The molecule has 3 aromatic rings. The molecule has 1 aromatic carbocycles.